The average Bonchev–Trinajstić information content (AvgIpc) is 2.26. The summed E-state index contributed by atoms with van der Waals surface area (Å²) in [5.41, 5.74) is 0.622. The highest BCUT2D eigenvalue weighted by molar-refractivity contribution is 6.31. The lowest BCUT2D eigenvalue weighted by Gasteiger charge is -2.17. The van der Waals surface area contributed by atoms with Gasteiger partial charge in [0.1, 0.15) is 0 Å². The van der Waals surface area contributed by atoms with Gasteiger partial charge in [0.05, 0.1) is 0 Å². The number of nitrogens with one attached hydrogen (secondary N) is 1. The number of benzene rings is 1. The lowest BCUT2D eigenvalue weighted by molar-refractivity contribution is 0.491. The topological polar surface area (TPSA) is 12.0 Å². The molecule has 0 aliphatic heterocycles. The molecule has 4 heteroatoms. The largest absolute Gasteiger partial charge is 0.313 e. The summed E-state index contributed by atoms with van der Waals surface area (Å²) in [5, 5.41) is 3.34. The molecule has 1 unspecified atom stereocenters. The first-order chi connectivity index (χ1) is 7.60. The van der Waals surface area contributed by atoms with E-state index in [1.165, 1.54) is 6.07 Å². The molecule has 0 saturated heterocycles. The van der Waals surface area contributed by atoms with Crippen LogP contribution in [0.5, 0.6) is 0 Å². The first-order valence-corrected chi connectivity index (χ1v) is 5.79. The molecule has 0 radical (unpaired) electrons. The number of halogens is 3. The number of hydrogen-bond acceptors (Lipinski definition) is 1. The van der Waals surface area contributed by atoms with Gasteiger partial charge in [0, 0.05) is 11.1 Å². The van der Waals surface area contributed by atoms with Gasteiger partial charge in [0.15, 0.2) is 11.6 Å². The average molecular weight is 248 g/mol. The number of rotatable bonds is 5. The normalized spacial score (nSPS) is 12.8. The van der Waals surface area contributed by atoms with Crippen molar-refractivity contribution in [1.29, 1.82) is 0 Å². The fraction of sp³-hybridized carbons (Fsp3) is 0.500. The molecule has 1 nitrogen and oxygen atoms in total. The zero-order chi connectivity index (χ0) is 12.1. The molecule has 0 aromatic heterocycles. The summed E-state index contributed by atoms with van der Waals surface area (Å²) in [5.74, 6) is -1.75. The molecule has 0 aliphatic rings. The molecule has 1 aromatic rings. The molecule has 1 aromatic carbocycles. The Bertz CT molecular complexity index is 355. The molecule has 0 heterocycles. The summed E-state index contributed by atoms with van der Waals surface area (Å²) in [6.07, 6.45) is 2.93. The van der Waals surface area contributed by atoms with Crippen LogP contribution in [0, 0.1) is 11.6 Å². The van der Waals surface area contributed by atoms with Gasteiger partial charge in [-0.15, -0.1) is 0 Å². The standard InChI is InChI=1S/C12H16ClF2N/c1-3-4-5-12(16-2)8-6-10(14)11(15)7-9(8)13/h6-7,12,16H,3-5H2,1-2H3. The van der Waals surface area contributed by atoms with Crippen molar-refractivity contribution >= 4 is 11.6 Å². The van der Waals surface area contributed by atoms with Gasteiger partial charge < -0.3 is 5.32 Å². The van der Waals surface area contributed by atoms with Gasteiger partial charge in [-0.2, -0.15) is 0 Å². The Labute approximate surface area is 99.8 Å². The van der Waals surface area contributed by atoms with Crippen molar-refractivity contribution in [3.63, 3.8) is 0 Å². The Balaban J connectivity index is 2.95. The third-order valence-corrected chi connectivity index (χ3v) is 2.94. The van der Waals surface area contributed by atoms with E-state index < -0.39 is 11.6 Å². The molecule has 0 amide bonds. The quantitative estimate of drug-likeness (QED) is 0.774. The summed E-state index contributed by atoms with van der Waals surface area (Å²) in [4.78, 5) is 0. The van der Waals surface area contributed by atoms with Gasteiger partial charge in [-0.3, -0.25) is 0 Å². The molecule has 90 valence electrons. The minimum atomic E-state index is -0.904. The Morgan fingerprint density at radius 2 is 1.94 bits per heavy atom. The van der Waals surface area contributed by atoms with Gasteiger partial charge in [-0.1, -0.05) is 31.4 Å². The van der Waals surface area contributed by atoms with Crippen molar-refractivity contribution in [2.24, 2.45) is 0 Å². The number of unbranched alkanes of at least 4 members (excludes halogenated alkanes) is 1. The molecular formula is C12H16ClF2N. The molecule has 1 atom stereocenters. The zero-order valence-corrected chi connectivity index (χ0v) is 10.2. The third-order valence-electron chi connectivity index (χ3n) is 2.61. The van der Waals surface area contributed by atoms with Crippen LogP contribution < -0.4 is 5.32 Å². The lowest BCUT2D eigenvalue weighted by Crippen LogP contribution is -2.17. The highest BCUT2D eigenvalue weighted by Gasteiger charge is 2.15. The maximum Gasteiger partial charge on any atom is 0.160 e. The highest BCUT2D eigenvalue weighted by atomic mass is 35.5. The molecule has 0 bridgehead atoms. The van der Waals surface area contributed by atoms with Crippen LogP contribution in [0.15, 0.2) is 12.1 Å². The van der Waals surface area contributed by atoms with Crippen molar-refractivity contribution in [3.8, 4) is 0 Å². The second-order valence-corrected chi connectivity index (χ2v) is 4.18. The van der Waals surface area contributed by atoms with Crippen molar-refractivity contribution in [2.75, 3.05) is 7.05 Å². The predicted octanol–water partition coefficient (Wildman–Crippen LogP) is 4.07. The molecular weight excluding hydrogens is 232 g/mol. The van der Waals surface area contributed by atoms with Crippen LogP contribution >= 0.6 is 11.6 Å². The van der Waals surface area contributed by atoms with Crippen LogP contribution in [0.4, 0.5) is 8.78 Å². The van der Waals surface area contributed by atoms with Gasteiger partial charge >= 0.3 is 0 Å². The first kappa shape index (κ1) is 13.4. The Kier molecular flexibility index (Phi) is 5.16. The van der Waals surface area contributed by atoms with Crippen molar-refractivity contribution in [3.05, 3.63) is 34.4 Å². The van der Waals surface area contributed by atoms with Gasteiger partial charge in [-0.05, 0) is 31.2 Å². The molecule has 1 N–H and O–H groups in total. The van der Waals surface area contributed by atoms with Gasteiger partial charge in [-0.25, -0.2) is 8.78 Å². The predicted molar refractivity (Wildman–Crippen MR) is 62.7 cm³/mol. The summed E-state index contributed by atoms with van der Waals surface area (Å²) in [6.45, 7) is 2.08. The van der Waals surface area contributed by atoms with Crippen molar-refractivity contribution < 1.29 is 8.78 Å². The van der Waals surface area contributed by atoms with E-state index in [1.54, 1.807) is 7.05 Å². The fourth-order valence-corrected chi connectivity index (χ4v) is 1.95. The number of hydrogen-bond donors (Lipinski definition) is 1. The van der Waals surface area contributed by atoms with E-state index in [4.69, 9.17) is 11.6 Å². The highest BCUT2D eigenvalue weighted by Crippen LogP contribution is 2.28. The van der Waals surface area contributed by atoms with Crippen LogP contribution in [-0.2, 0) is 0 Å². The smallest absolute Gasteiger partial charge is 0.160 e. The molecule has 0 fully saturated rings. The van der Waals surface area contributed by atoms with Crippen molar-refractivity contribution in [1.82, 2.24) is 5.32 Å². The SMILES string of the molecule is CCCCC(NC)c1cc(F)c(F)cc1Cl. The zero-order valence-electron chi connectivity index (χ0n) is 9.49. The van der Waals surface area contributed by atoms with E-state index in [0.717, 1.165) is 25.3 Å². The molecule has 0 saturated carbocycles. The van der Waals surface area contributed by atoms with Gasteiger partial charge in [0.25, 0.3) is 0 Å². The third kappa shape index (κ3) is 3.16. The summed E-state index contributed by atoms with van der Waals surface area (Å²) in [6, 6.07) is 2.18. The van der Waals surface area contributed by atoms with E-state index in [0.29, 0.717) is 5.56 Å². The van der Waals surface area contributed by atoms with E-state index in [-0.39, 0.29) is 11.1 Å². The lowest BCUT2D eigenvalue weighted by atomic mass is 10.0. The van der Waals surface area contributed by atoms with Crippen LogP contribution in [0.3, 0.4) is 0 Å². The van der Waals surface area contributed by atoms with E-state index in [2.05, 4.69) is 12.2 Å². The van der Waals surface area contributed by atoms with Crippen LogP contribution in [0.1, 0.15) is 37.8 Å². The second kappa shape index (κ2) is 6.16. The van der Waals surface area contributed by atoms with Crippen LogP contribution in [-0.4, -0.2) is 7.05 Å². The van der Waals surface area contributed by atoms with E-state index in [9.17, 15) is 8.78 Å². The Morgan fingerprint density at radius 3 is 2.50 bits per heavy atom. The molecule has 1 rings (SSSR count). The minimum Gasteiger partial charge on any atom is -0.313 e. The Hall–Kier alpha value is -0.670. The summed E-state index contributed by atoms with van der Waals surface area (Å²) in [7, 11) is 1.79. The monoisotopic (exact) mass is 247 g/mol. The summed E-state index contributed by atoms with van der Waals surface area (Å²) < 4.78 is 26.0. The summed E-state index contributed by atoms with van der Waals surface area (Å²) >= 11 is 5.91. The molecule has 16 heavy (non-hydrogen) atoms. The van der Waals surface area contributed by atoms with Crippen molar-refractivity contribution in [2.45, 2.75) is 32.2 Å². The van der Waals surface area contributed by atoms with E-state index in [1.807, 2.05) is 0 Å². The van der Waals surface area contributed by atoms with E-state index >= 15 is 0 Å². The molecule has 0 aliphatic carbocycles. The fourth-order valence-electron chi connectivity index (χ4n) is 1.67. The van der Waals surface area contributed by atoms with Crippen LogP contribution in [0.25, 0.3) is 0 Å². The first-order valence-electron chi connectivity index (χ1n) is 5.41. The maximum absolute atomic E-state index is 13.1. The minimum absolute atomic E-state index is 0.0254. The van der Waals surface area contributed by atoms with Gasteiger partial charge in [0.2, 0.25) is 0 Å². The second-order valence-electron chi connectivity index (χ2n) is 3.77. The van der Waals surface area contributed by atoms with Crippen LogP contribution in [0.2, 0.25) is 5.02 Å². The molecule has 0 spiro atoms. The Morgan fingerprint density at radius 1 is 1.31 bits per heavy atom. The maximum atomic E-state index is 13.1.